The van der Waals surface area contributed by atoms with Gasteiger partial charge in [0, 0.05) is 18.9 Å². The van der Waals surface area contributed by atoms with Crippen molar-refractivity contribution in [1.29, 1.82) is 0 Å². The number of hydrogen-bond acceptors (Lipinski definition) is 4. The first-order chi connectivity index (χ1) is 7.29. The van der Waals surface area contributed by atoms with Crippen LogP contribution in [-0.4, -0.2) is 24.6 Å². The summed E-state index contributed by atoms with van der Waals surface area (Å²) in [6, 6.07) is 3.12. The molecule has 1 atom stereocenters. The average Bonchev–Trinajstić information content (AvgIpc) is 2.30. The smallest absolute Gasteiger partial charge is 0.327 e. The Balaban J connectivity index is 2.81. The summed E-state index contributed by atoms with van der Waals surface area (Å²) in [4.78, 5) is 15.4. The Morgan fingerprint density at radius 2 is 2.60 bits per heavy atom. The number of aromatic nitrogens is 1. The molecule has 15 heavy (non-hydrogen) atoms. The molecular formula is C11H14N2O2. The van der Waals surface area contributed by atoms with Gasteiger partial charge >= 0.3 is 5.97 Å². The number of esters is 1. The van der Waals surface area contributed by atoms with Gasteiger partial charge in [0.2, 0.25) is 0 Å². The number of nitrogens with zero attached hydrogens (tertiary/aromatic N) is 1. The zero-order chi connectivity index (χ0) is 11.1. The minimum atomic E-state index is -0.485. The predicted molar refractivity (Wildman–Crippen MR) is 57.2 cm³/mol. The fourth-order valence-corrected chi connectivity index (χ4v) is 1.20. The largest absolute Gasteiger partial charge is 0.468 e. The van der Waals surface area contributed by atoms with Crippen molar-refractivity contribution in [2.45, 2.75) is 6.04 Å². The van der Waals surface area contributed by atoms with Crippen LogP contribution in [0, 0.1) is 0 Å². The number of carbonyl (C=O) groups excluding carboxylic acids is 1. The number of ether oxygens (including phenoxy) is 1. The first-order valence-electron chi connectivity index (χ1n) is 4.61. The minimum Gasteiger partial charge on any atom is -0.468 e. The van der Waals surface area contributed by atoms with Crippen LogP contribution in [0.2, 0.25) is 0 Å². The van der Waals surface area contributed by atoms with Gasteiger partial charge in [-0.25, -0.2) is 4.79 Å². The molecule has 1 aromatic heterocycles. The highest BCUT2D eigenvalue weighted by atomic mass is 16.5. The number of carbonyl (C=O) groups is 1. The van der Waals surface area contributed by atoms with E-state index in [4.69, 9.17) is 4.74 Å². The fourth-order valence-electron chi connectivity index (χ4n) is 1.20. The Kier molecular flexibility index (Phi) is 4.50. The van der Waals surface area contributed by atoms with E-state index in [2.05, 4.69) is 16.9 Å². The molecule has 0 bridgehead atoms. The second kappa shape index (κ2) is 5.93. The van der Waals surface area contributed by atoms with Crippen molar-refractivity contribution in [2.24, 2.45) is 0 Å². The molecule has 80 valence electrons. The fraction of sp³-hybridized carbons (Fsp3) is 0.273. The van der Waals surface area contributed by atoms with Crippen molar-refractivity contribution >= 4 is 5.97 Å². The lowest BCUT2D eigenvalue weighted by atomic mass is 10.1. The number of rotatable bonds is 5. The maximum absolute atomic E-state index is 11.5. The van der Waals surface area contributed by atoms with E-state index in [-0.39, 0.29) is 5.97 Å². The van der Waals surface area contributed by atoms with Crippen molar-refractivity contribution in [1.82, 2.24) is 10.3 Å². The summed E-state index contributed by atoms with van der Waals surface area (Å²) in [5.41, 5.74) is 0.784. The first kappa shape index (κ1) is 11.4. The molecule has 4 heteroatoms. The van der Waals surface area contributed by atoms with Gasteiger partial charge in [0.05, 0.1) is 7.11 Å². The van der Waals surface area contributed by atoms with Gasteiger partial charge in [-0.15, -0.1) is 6.58 Å². The van der Waals surface area contributed by atoms with Crippen LogP contribution in [0.5, 0.6) is 0 Å². The summed E-state index contributed by atoms with van der Waals surface area (Å²) >= 11 is 0. The van der Waals surface area contributed by atoms with Crippen LogP contribution in [0.3, 0.4) is 0 Å². The van der Waals surface area contributed by atoms with Crippen LogP contribution in [0.4, 0.5) is 0 Å². The molecule has 1 aromatic rings. The lowest BCUT2D eigenvalue weighted by Gasteiger charge is -2.14. The number of nitrogens with one attached hydrogen (secondary N) is 1. The molecule has 0 amide bonds. The van der Waals surface area contributed by atoms with E-state index in [0.29, 0.717) is 6.54 Å². The van der Waals surface area contributed by atoms with Crippen LogP contribution in [-0.2, 0) is 9.53 Å². The number of pyridine rings is 1. The van der Waals surface area contributed by atoms with Gasteiger partial charge in [-0.05, 0) is 11.6 Å². The summed E-state index contributed by atoms with van der Waals surface area (Å²) in [6.45, 7) is 4.12. The summed E-state index contributed by atoms with van der Waals surface area (Å²) in [7, 11) is 1.36. The van der Waals surface area contributed by atoms with Crippen molar-refractivity contribution < 1.29 is 9.53 Å². The van der Waals surface area contributed by atoms with Crippen molar-refractivity contribution in [3.05, 3.63) is 42.7 Å². The quantitative estimate of drug-likeness (QED) is 0.578. The summed E-state index contributed by atoms with van der Waals surface area (Å²) < 4.78 is 4.70. The van der Waals surface area contributed by atoms with Crippen molar-refractivity contribution in [3.8, 4) is 0 Å². The maximum atomic E-state index is 11.5. The molecule has 0 aliphatic heterocycles. The van der Waals surface area contributed by atoms with Crippen molar-refractivity contribution in [3.63, 3.8) is 0 Å². The van der Waals surface area contributed by atoms with E-state index in [0.717, 1.165) is 5.56 Å². The molecule has 0 saturated carbocycles. The molecule has 1 heterocycles. The first-order valence-corrected chi connectivity index (χ1v) is 4.61. The maximum Gasteiger partial charge on any atom is 0.327 e. The van der Waals surface area contributed by atoms with Gasteiger partial charge in [0.15, 0.2) is 0 Å². The van der Waals surface area contributed by atoms with Gasteiger partial charge < -0.3 is 4.74 Å². The Morgan fingerprint density at radius 1 is 1.80 bits per heavy atom. The summed E-state index contributed by atoms with van der Waals surface area (Å²) in [5.74, 6) is -0.329. The highest BCUT2D eigenvalue weighted by molar-refractivity contribution is 5.77. The molecular weight excluding hydrogens is 192 g/mol. The number of hydrogen-bond donors (Lipinski definition) is 1. The molecule has 1 rings (SSSR count). The Bertz CT molecular complexity index is 325. The Morgan fingerprint density at radius 3 is 3.13 bits per heavy atom. The van der Waals surface area contributed by atoms with E-state index in [9.17, 15) is 4.79 Å². The van der Waals surface area contributed by atoms with Gasteiger partial charge in [-0.1, -0.05) is 12.1 Å². The van der Waals surface area contributed by atoms with E-state index in [1.807, 2.05) is 6.07 Å². The second-order valence-corrected chi connectivity index (χ2v) is 2.94. The van der Waals surface area contributed by atoms with E-state index < -0.39 is 6.04 Å². The zero-order valence-electron chi connectivity index (χ0n) is 8.64. The van der Waals surface area contributed by atoms with E-state index >= 15 is 0 Å². The highest BCUT2D eigenvalue weighted by Crippen LogP contribution is 2.12. The molecule has 0 radical (unpaired) electrons. The normalized spacial score (nSPS) is 11.8. The molecule has 0 fully saturated rings. The third kappa shape index (κ3) is 3.18. The average molecular weight is 206 g/mol. The van der Waals surface area contributed by atoms with Crippen LogP contribution < -0.4 is 5.32 Å². The molecule has 1 unspecified atom stereocenters. The monoisotopic (exact) mass is 206 g/mol. The topological polar surface area (TPSA) is 51.2 Å². The molecule has 0 aliphatic carbocycles. The van der Waals surface area contributed by atoms with Gasteiger partial charge in [-0.3, -0.25) is 10.3 Å². The van der Waals surface area contributed by atoms with Crippen LogP contribution in [0.25, 0.3) is 0 Å². The molecule has 0 aromatic carbocycles. The van der Waals surface area contributed by atoms with Crippen LogP contribution >= 0.6 is 0 Å². The van der Waals surface area contributed by atoms with Gasteiger partial charge in [0.1, 0.15) is 6.04 Å². The minimum absolute atomic E-state index is 0.329. The molecule has 0 spiro atoms. The SMILES string of the molecule is C=CCNC(C(=O)OC)c1cccnc1. The number of methoxy groups -OCH3 is 1. The second-order valence-electron chi connectivity index (χ2n) is 2.94. The summed E-state index contributed by atoms with van der Waals surface area (Å²) in [6.07, 6.45) is 4.98. The Hall–Kier alpha value is -1.68. The van der Waals surface area contributed by atoms with Crippen LogP contribution in [0.1, 0.15) is 11.6 Å². The third-order valence-electron chi connectivity index (χ3n) is 1.92. The summed E-state index contributed by atoms with van der Waals surface area (Å²) in [5, 5.41) is 3.00. The zero-order valence-corrected chi connectivity index (χ0v) is 8.64. The Labute approximate surface area is 89.0 Å². The van der Waals surface area contributed by atoms with Gasteiger partial charge in [-0.2, -0.15) is 0 Å². The lowest BCUT2D eigenvalue weighted by molar-refractivity contribution is -0.143. The van der Waals surface area contributed by atoms with Crippen LogP contribution in [0.15, 0.2) is 37.2 Å². The molecule has 1 N–H and O–H groups in total. The predicted octanol–water partition coefficient (Wildman–Crippen LogP) is 1.07. The lowest BCUT2D eigenvalue weighted by Crippen LogP contribution is -2.29. The van der Waals surface area contributed by atoms with E-state index in [1.54, 1.807) is 24.5 Å². The molecule has 0 aliphatic rings. The standard InChI is InChI=1S/C11H14N2O2/c1-3-6-13-10(11(14)15-2)9-5-4-7-12-8-9/h3-5,7-8,10,13H,1,6H2,2H3. The molecule has 0 saturated heterocycles. The highest BCUT2D eigenvalue weighted by Gasteiger charge is 2.19. The van der Waals surface area contributed by atoms with E-state index in [1.165, 1.54) is 7.11 Å². The van der Waals surface area contributed by atoms with Gasteiger partial charge in [0.25, 0.3) is 0 Å². The van der Waals surface area contributed by atoms with Crippen molar-refractivity contribution in [2.75, 3.05) is 13.7 Å². The third-order valence-corrected chi connectivity index (χ3v) is 1.92. The molecule has 4 nitrogen and oxygen atoms in total.